The molecule has 5 unspecified atom stereocenters. The van der Waals surface area contributed by atoms with Gasteiger partial charge in [0.15, 0.2) is 0 Å². The highest BCUT2D eigenvalue weighted by atomic mass is 16.5. The van der Waals surface area contributed by atoms with Crippen LogP contribution < -0.4 is 0 Å². The molecule has 3 rings (SSSR count). The Morgan fingerprint density at radius 1 is 1.36 bits per heavy atom. The quantitative estimate of drug-likeness (QED) is 0.676. The molecule has 3 aliphatic rings. The Morgan fingerprint density at radius 2 is 2.14 bits per heavy atom. The van der Waals surface area contributed by atoms with Crippen molar-refractivity contribution in [2.24, 2.45) is 23.7 Å². The first kappa shape index (κ1) is 8.24. The minimum absolute atomic E-state index is 0.0232. The van der Waals surface area contributed by atoms with Crippen LogP contribution in [0.3, 0.4) is 0 Å². The summed E-state index contributed by atoms with van der Waals surface area (Å²) in [5.41, 5.74) is 0. The first-order chi connectivity index (χ1) is 6.79. The predicted molar refractivity (Wildman–Crippen MR) is 49.6 cm³/mol. The fraction of sp³-hybridized carbons (Fsp3) is 0.545. The molecule has 2 fully saturated rings. The van der Waals surface area contributed by atoms with E-state index < -0.39 is 5.97 Å². The van der Waals surface area contributed by atoms with Crippen LogP contribution >= 0.6 is 0 Å². The molecule has 0 radical (unpaired) electrons. The van der Waals surface area contributed by atoms with E-state index in [0.29, 0.717) is 18.4 Å². The highest BCUT2D eigenvalue weighted by Crippen LogP contribution is 2.54. The van der Waals surface area contributed by atoms with Crippen molar-refractivity contribution in [2.75, 3.05) is 6.61 Å². The fourth-order valence-electron chi connectivity index (χ4n) is 2.76. The number of hydrogen-bond acceptors (Lipinski definition) is 2. The lowest BCUT2D eigenvalue weighted by Crippen LogP contribution is -2.27. The lowest BCUT2D eigenvalue weighted by Gasteiger charge is -2.28. The van der Waals surface area contributed by atoms with Gasteiger partial charge in [0.25, 0.3) is 0 Å². The lowest BCUT2D eigenvalue weighted by atomic mass is 9.83. The minimum Gasteiger partial charge on any atom is -0.481 e. The summed E-state index contributed by atoms with van der Waals surface area (Å²) < 4.78 is 5.53. The van der Waals surface area contributed by atoms with Crippen molar-refractivity contribution in [3.8, 4) is 0 Å². The Kier molecular flexibility index (Phi) is 1.59. The van der Waals surface area contributed by atoms with Gasteiger partial charge in [0.1, 0.15) is 0 Å². The summed E-state index contributed by atoms with van der Waals surface area (Å²) in [6.07, 6.45) is 8.26. The third-order valence-corrected chi connectivity index (χ3v) is 3.51. The van der Waals surface area contributed by atoms with Gasteiger partial charge in [-0.05, 0) is 5.92 Å². The number of hydrogen-bond donors (Lipinski definition) is 1. The number of carboxylic acid groups (broad SMARTS) is 1. The minimum atomic E-state index is -0.705. The van der Waals surface area contributed by atoms with Gasteiger partial charge in [0.2, 0.25) is 0 Å². The maximum absolute atomic E-state index is 10.9. The molecule has 0 spiro atoms. The standard InChI is InChI=1S/C11H12O3/c12-11(13)9-8-7-4-2-1-3-6(7)5-14-10(8)9/h1-4,6-10H,5H2,(H,12,13). The van der Waals surface area contributed by atoms with E-state index >= 15 is 0 Å². The van der Waals surface area contributed by atoms with Crippen molar-refractivity contribution in [3.63, 3.8) is 0 Å². The Bertz CT molecular complexity index is 331. The number of rotatable bonds is 1. The molecule has 0 bridgehead atoms. The summed E-state index contributed by atoms with van der Waals surface area (Å²) in [4.78, 5) is 10.9. The molecule has 0 amide bonds. The summed E-state index contributed by atoms with van der Waals surface area (Å²) in [5, 5.41) is 8.95. The topological polar surface area (TPSA) is 46.5 Å². The summed E-state index contributed by atoms with van der Waals surface area (Å²) in [7, 11) is 0. The molecular weight excluding hydrogens is 180 g/mol. The molecule has 1 N–H and O–H groups in total. The molecule has 3 heteroatoms. The van der Waals surface area contributed by atoms with Crippen LogP contribution in [-0.4, -0.2) is 23.8 Å². The monoisotopic (exact) mass is 192 g/mol. The van der Waals surface area contributed by atoms with E-state index in [0.717, 1.165) is 0 Å². The second kappa shape index (κ2) is 2.70. The van der Waals surface area contributed by atoms with Crippen LogP contribution in [0.1, 0.15) is 0 Å². The summed E-state index contributed by atoms with van der Waals surface area (Å²) in [5.74, 6) is 0.0302. The van der Waals surface area contributed by atoms with E-state index in [-0.39, 0.29) is 17.9 Å². The first-order valence-electron chi connectivity index (χ1n) is 4.98. The molecule has 1 aliphatic heterocycles. The van der Waals surface area contributed by atoms with Crippen LogP contribution in [0.15, 0.2) is 24.3 Å². The Balaban J connectivity index is 1.84. The van der Waals surface area contributed by atoms with Gasteiger partial charge in [-0.25, -0.2) is 0 Å². The van der Waals surface area contributed by atoms with Gasteiger partial charge < -0.3 is 9.84 Å². The van der Waals surface area contributed by atoms with E-state index in [9.17, 15) is 4.79 Å². The highest BCUT2D eigenvalue weighted by Gasteiger charge is 2.62. The van der Waals surface area contributed by atoms with Gasteiger partial charge in [-0.2, -0.15) is 0 Å². The van der Waals surface area contributed by atoms with Crippen LogP contribution in [-0.2, 0) is 9.53 Å². The van der Waals surface area contributed by atoms with E-state index in [1.165, 1.54) is 0 Å². The predicted octanol–water partition coefficient (Wildman–Crippen LogP) is 1.07. The SMILES string of the molecule is O=C(O)C1C2OCC3C=CC=CC3C21. The maximum atomic E-state index is 10.9. The number of carboxylic acids is 1. The molecule has 3 nitrogen and oxygen atoms in total. The van der Waals surface area contributed by atoms with Crippen molar-refractivity contribution < 1.29 is 14.6 Å². The van der Waals surface area contributed by atoms with Crippen LogP contribution in [0.25, 0.3) is 0 Å². The normalized spacial score (nSPS) is 48.1. The number of fused-ring (bicyclic) bond motifs is 3. The summed E-state index contributed by atoms with van der Waals surface area (Å²) in [6, 6.07) is 0. The highest BCUT2D eigenvalue weighted by molar-refractivity contribution is 5.75. The molecule has 1 saturated carbocycles. The lowest BCUT2D eigenvalue weighted by molar-refractivity contribution is -0.139. The smallest absolute Gasteiger partial charge is 0.309 e. The molecule has 1 saturated heterocycles. The Hall–Kier alpha value is -1.09. The molecule has 0 aromatic rings. The zero-order valence-electron chi connectivity index (χ0n) is 7.67. The van der Waals surface area contributed by atoms with Crippen LogP contribution in [0.2, 0.25) is 0 Å². The summed E-state index contributed by atoms with van der Waals surface area (Å²) >= 11 is 0. The number of ether oxygens (including phenoxy) is 1. The van der Waals surface area contributed by atoms with Crippen LogP contribution in [0, 0.1) is 23.7 Å². The second-order valence-electron chi connectivity index (χ2n) is 4.25. The fourth-order valence-corrected chi connectivity index (χ4v) is 2.76. The van der Waals surface area contributed by atoms with Gasteiger partial charge >= 0.3 is 5.97 Å². The van der Waals surface area contributed by atoms with Crippen LogP contribution in [0.4, 0.5) is 0 Å². The molecule has 0 aromatic carbocycles. The van der Waals surface area contributed by atoms with Gasteiger partial charge in [-0.1, -0.05) is 24.3 Å². The van der Waals surface area contributed by atoms with E-state index in [2.05, 4.69) is 12.2 Å². The summed E-state index contributed by atoms with van der Waals surface area (Å²) in [6.45, 7) is 0.677. The largest absolute Gasteiger partial charge is 0.481 e. The third-order valence-electron chi connectivity index (χ3n) is 3.51. The number of aliphatic carboxylic acids is 1. The molecular formula is C11H12O3. The maximum Gasteiger partial charge on any atom is 0.309 e. The van der Waals surface area contributed by atoms with E-state index in [4.69, 9.17) is 9.84 Å². The van der Waals surface area contributed by atoms with Crippen molar-refractivity contribution in [1.29, 1.82) is 0 Å². The molecule has 0 aromatic heterocycles. The van der Waals surface area contributed by atoms with Gasteiger partial charge in [-0.15, -0.1) is 0 Å². The van der Waals surface area contributed by atoms with E-state index in [1.54, 1.807) is 0 Å². The van der Waals surface area contributed by atoms with Crippen molar-refractivity contribution in [3.05, 3.63) is 24.3 Å². The zero-order valence-corrected chi connectivity index (χ0v) is 7.67. The first-order valence-corrected chi connectivity index (χ1v) is 4.98. The van der Waals surface area contributed by atoms with Gasteiger partial charge in [0.05, 0.1) is 18.6 Å². The van der Waals surface area contributed by atoms with E-state index in [1.807, 2.05) is 12.2 Å². The zero-order chi connectivity index (χ0) is 9.71. The number of carbonyl (C=O) groups is 1. The third kappa shape index (κ3) is 0.989. The molecule has 74 valence electrons. The number of allylic oxidation sites excluding steroid dienone is 3. The van der Waals surface area contributed by atoms with Crippen LogP contribution in [0.5, 0.6) is 0 Å². The average Bonchev–Trinajstić information content (AvgIpc) is 2.92. The molecule has 1 heterocycles. The van der Waals surface area contributed by atoms with Crippen molar-refractivity contribution >= 4 is 5.97 Å². The molecule has 5 atom stereocenters. The second-order valence-corrected chi connectivity index (χ2v) is 4.25. The van der Waals surface area contributed by atoms with Gasteiger partial charge in [-0.3, -0.25) is 4.79 Å². The molecule has 14 heavy (non-hydrogen) atoms. The van der Waals surface area contributed by atoms with Crippen molar-refractivity contribution in [1.82, 2.24) is 0 Å². The van der Waals surface area contributed by atoms with Crippen molar-refractivity contribution in [2.45, 2.75) is 6.10 Å². The molecule has 2 aliphatic carbocycles. The Labute approximate surface area is 82.1 Å². The van der Waals surface area contributed by atoms with Gasteiger partial charge in [0, 0.05) is 11.8 Å². The Morgan fingerprint density at radius 3 is 2.93 bits per heavy atom. The average molecular weight is 192 g/mol.